The second kappa shape index (κ2) is 6.44. The topological polar surface area (TPSA) is 67.4 Å². The summed E-state index contributed by atoms with van der Waals surface area (Å²) in [4.78, 5) is 0.364. The fourth-order valence-corrected chi connectivity index (χ4v) is 4.31. The summed E-state index contributed by atoms with van der Waals surface area (Å²) in [6.45, 7) is 5.60. The summed E-state index contributed by atoms with van der Waals surface area (Å²) < 4.78 is 33.6. The van der Waals surface area contributed by atoms with E-state index in [4.69, 9.17) is 4.74 Å². The monoisotopic (exact) mass is 312 g/mol. The molecular formula is C15H24N2O3S. The van der Waals surface area contributed by atoms with Crippen molar-refractivity contribution in [3.63, 3.8) is 0 Å². The molecule has 0 radical (unpaired) electrons. The van der Waals surface area contributed by atoms with Crippen LogP contribution in [0.1, 0.15) is 30.9 Å². The molecule has 0 bridgehead atoms. The van der Waals surface area contributed by atoms with Crippen molar-refractivity contribution >= 4 is 10.0 Å². The summed E-state index contributed by atoms with van der Waals surface area (Å²) in [6, 6.07) is 5.55. The Kier molecular flexibility index (Phi) is 5.03. The number of hydrogen-bond donors (Lipinski definition) is 2. The molecule has 1 aromatic carbocycles. The van der Waals surface area contributed by atoms with Crippen molar-refractivity contribution in [1.29, 1.82) is 0 Å². The highest BCUT2D eigenvalue weighted by atomic mass is 32.2. The first-order chi connectivity index (χ1) is 9.86. The molecule has 0 atom stereocenters. The number of hydrogen-bond acceptors (Lipinski definition) is 4. The average molecular weight is 312 g/mol. The summed E-state index contributed by atoms with van der Waals surface area (Å²) in [5.74, 6) is 0. The number of sulfonamides is 1. The van der Waals surface area contributed by atoms with Gasteiger partial charge in [0.25, 0.3) is 0 Å². The second-order valence-corrected chi connectivity index (χ2v) is 7.56. The van der Waals surface area contributed by atoms with Crippen LogP contribution in [0.2, 0.25) is 0 Å². The van der Waals surface area contributed by atoms with Crippen LogP contribution in [0.4, 0.5) is 0 Å². The summed E-state index contributed by atoms with van der Waals surface area (Å²) >= 11 is 0. The van der Waals surface area contributed by atoms with Crippen LogP contribution in [0.15, 0.2) is 23.1 Å². The molecular weight excluding hydrogens is 288 g/mol. The molecule has 6 heteroatoms. The third-order valence-electron chi connectivity index (χ3n) is 3.90. The highest BCUT2D eigenvalue weighted by Crippen LogP contribution is 2.24. The molecule has 1 aromatic rings. The number of nitrogens with one attached hydrogen (secondary N) is 2. The number of benzene rings is 1. The fourth-order valence-electron chi connectivity index (χ4n) is 2.55. The van der Waals surface area contributed by atoms with E-state index >= 15 is 0 Å². The van der Waals surface area contributed by atoms with E-state index < -0.39 is 15.6 Å². The maximum Gasteiger partial charge on any atom is 0.241 e. The highest BCUT2D eigenvalue weighted by Gasteiger charge is 2.33. The summed E-state index contributed by atoms with van der Waals surface area (Å²) in [5, 5.41) is 3.04. The van der Waals surface area contributed by atoms with Gasteiger partial charge >= 0.3 is 0 Å². The van der Waals surface area contributed by atoms with Crippen LogP contribution in [0, 0.1) is 6.92 Å². The molecule has 1 fully saturated rings. The van der Waals surface area contributed by atoms with Crippen molar-refractivity contribution in [3.8, 4) is 0 Å². The zero-order valence-corrected chi connectivity index (χ0v) is 13.7. The normalized spacial score (nSPS) is 18.6. The third kappa shape index (κ3) is 4.03. The predicted molar refractivity (Wildman–Crippen MR) is 82.7 cm³/mol. The van der Waals surface area contributed by atoms with Crippen molar-refractivity contribution in [3.05, 3.63) is 29.3 Å². The maximum atomic E-state index is 12.7. The zero-order chi connectivity index (χ0) is 15.5. The standard InChI is InChI=1S/C15H24N2O3S/c1-12-4-5-13(11-16-3)10-14(12)21(18,19)17-15(2)6-8-20-9-7-15/h4-5,10,16-17H,6-9,11H2,1-3H3. The van der Waals surface area contributed by atoms with E-state index in [1.165, 1.54) is 0 Å². The van der Waals surface area contributed by atoms with Crippen molar-refractivity contribution < 1.29 is 13.2 Å². The first kappa shape index (κ1) is 16.4. The minimum atomic E-state index is -3.52. The Hall–Kier alpha value is -0.950. The van der Waals surface area contributed by atoms with Crippen LogP contribution >= 0.6 is 0 Å². The quantitative estimate of drug-likeness (QED) is 0.866. The smallest absolute Gasteiger partial charge is 0.241 e. The van der Waals surface area contributed by atoms with E-state index in [9.17, 15) is 8.42 Å². The molecule has 0 unspecified atom stereocenters. The van der Waals surface area contributed by atoms with Crippen LogP contribution < -0.4 is 10.0 Å². The summed E-state index contributed by atoms with van der Waals surface area (Å²) in [5.41, 5.74) is 1.29. The number of aryl methyl sites for hydroxylation is 1. The zero-order valence-electron chi connectivity index (χ0n) is 12.9. The molecule has 0 aromatic heterocycles. The lowest BCUT2D eigenvalue weighted by atomic mass is 9.94. The van der Waals surface area contributed by atoms with Gasteiger partial charge in [-0.05, 0) is 50.9 Å². The predicted octanol–water partition coefficient (Wildman–Crippen LogP) is 1.56. The highest BCUT2D eigenvalue weighted by molar-refractivity contribution is 7.89. The van der Waals surface area contributed by atoms with Gasteiger partial charge in [-0.1, -0.05) is 12.1 Å². The molecule has 1 saturated heterocycles. The minimum absolute atomic E-state index is 0.364. The van der Waals surface area contributed by atoms with E-state index in [-0.39, 0.29) is 0 Å². The summed E-state index contributed by atoms with van der Waals surface area (Å²) in [6.07, 6.45) is 1.39. The fraction of sp³-hybridized carbons (Fsp3) is 0.600. The van der Waals surface area contributed by atoms with Crippen LogP contribution in [0.3, 0.4) is 0 Å². The lowest BCUT2D eigenvalue weighted by molar-refractivity contribution is 0.0537. The van der Waals surface area contributed by atoms with Gasteiger partial charge in [0.05, 0.1) is 4.90 Å². The van der Waals surface area contributed by atoms with Gasteiger partial charge in [0.15, 0.2) is 0 Å². The molecule has 2 rings (SSSR count). The Morgan fingerprint density at radius 2 is 1.95 bits per heavy atom. The van der Waals surface area contributed by atoms with Gasteiger partial charge in [0.2, 0.25) is 10.0 Å². The first-order valence-electron chi connectivity index (χ1n) is 7.22. The van der Waals surface area contributed by atoms with Crippen LogP contribution in [0.25, 0.3) is 0 Å². The average Bonchev–Trinajstić information content (AvgIpc) is 2.40. The van der Waals surface area contributed by atoms with Gasteiger partial charge in [0, 0.05) is 25.3 Å². The molecule has 0 amide bonds. The van der Waals surface area contributed by atoms with Gasteiger partial charge < -0.3 is 10.1 Å². The van der Waals surface area contributed by atoms with E-state index in [0.29, 0.717) is 37.5 Å². The molecule has 21 heavy (non-hydrogen) atoms. The van der Waals surface area contributed by atoms with Crippen molar-refractivity contribution in [2.45, 2.75) is 43.7 Å². The molecule has 0 aliphatic carbocycles. The molecule has 1 heterocycles. The molecule has 1 aliphatic heterocycles. The Bertz CT molecular complexity index is 593. The first-order valence-corrected chi connectivity index (χ1v) is 8.70. The van der Waals surface area contributed by atoms with Gasteiger partial charge in [-0.3, -0.25) is 0 Å². The Labute approximate surface area is 127 Å². The Balaban J connectivity index is 2.28. The number of ether oxygens (including phenoxy) is 1. The summed E-state index contributed by atoms with van der Waals surface area (Å²) in [7, 11) is -1.68. The molecule has 5 nitrogen and oxygen atoms in total. The Morgan fingerprint density at radius 3 is 2.57 bits per heavy atom. The SMILES string of the molecule is CNCc1ccc(C)c(S(=O)(=O)NC2(C)CCOCC2)c1. The van der Waals surface area contributed by atoms with Gasteiger partial charge in [-0.2, -0.15) is 0 Å². The van der Waals surface area contributed by atoms with E-state index in [1.807, 2.05) is 33.0 Å². The minimum Gasteiger partial charge on any atom is -0.381 e. The lowest BCUT2D eigenvalue weighted by Crippen LogP contribution is -2.49. The maximum absolute atomic E-state index is 12.7. The van der Waals surface area contributed by atoms with E-state index in [1.54, 1.807) is 6.07 Å². The Morgan fingerprint density at radius 1 is 1.29 bits per heavy atom. The lowest BCUT2D eigenvalue weighted by Gasteiger charge is -2.34. The van der Waals surface area contributed by atoms with Gasteiger partial charge in [-0.25, -0.2) is 13.1 Å². The number of rotatable bonds is 5. The van der Waals surface area contributed by atoms with Crippen molar-refractivity contribution in [1.82, 2.24) is 10.0 Å². The van der Waals surface area contributed by atoms with Crippen LogP contribution in [0.5, 0.6) is 0 Å². The molecule has 1 aliphatic rings. The third-order valence-corrected chi connectivity index (χ3v) is 5.68. The van der Waals surface area contributed by atoms with Gasteiger partial charge in [0.1, 0.15) is 0 Å². The van der Waals surface area contributed by atoms with Crippen molar-refractivity contribution in [2.24, 2.45) is 0 Å². The van der Waals surface area contributed by atoms with Crippen LogP contribution in [-0.2, 0) is 21.3 Å². The van der Waals surface area contributed by atoms with Crippen LogP contribution in [-0.4, -0.2) is 34.2 Å². The second-order valence-electron chi connectivity index (χ2n) is 5.91. The molecule has 2 N–H and O–H groups in total. The molecule has 0 saturated carbocycles. The van der Waals surface area contributed by atoms with E-state index in [0.717, 1.165) is 11.1 Å². The molecule has 118 valence electrons. The van der Waals surface area contributed by atoms with Crippen molar-refractivity contribution in [2.75, 3.05) is 20.3 Å². The van der Waals surface area contributed by atoms with Gasteiger partial charge in [-0.15, -0.1) is 0 Å². The molecule has 0 spiro atoms. The van der Waals surface area contributed by atoms with E-state index in [2.05, 4.69) is 10.0 Å². The largest absolute Gasteiger partial charge is 0.381 e.